The molecular weight excluding hydrogens is 234 g/mol. The summed E-state index contributed by atoms with van der Waals surface area (Å²) in [5.74, 6) is 0. The molecule has 3 rings (SSSR count). The third-order valence-corrected chi connectivity index (χ3v) is 4.46. The molecule has 1 aliphatic carbocycles. The number of nitrogens with zero attached hydrogens (tertiary/aromatic N) is 2. The van der Waals surface area contributed by atoms with Crippen LogP contribution in [-0.4, -0.2) is 29.6 Å². The molecule has 2 N–H and O–H groups in total. The number of fused-ring (bicyclic) bond motifs is 1. The molecule has 0 aliphatic heterocycles. The average molecular weight is 257 g/mol. The Kier molecular flexibility index (Phi) is 3.23. The van der Waals surface area contributed by atoms with Crippen molar-refractivity contribution < 1.29 is 0 Å². The monoisotopic (exact) mass is 257 g/mol. The van der Waals surface area contributed by atoms with E-state index in [9.17, 15) is 0 Å². The molecule has 0 saturated heterocycles. The van der Waals surface area contributed by atoms with Crippen molar-refractivity contribution in [3.05, 3.63) is 30.5 Å². The maximum absolute atomic E-state index is 5.95. The van der Waals surface area contributed by atoms with E-state index in [1.165, 1.54) is 36.6 Å². The van der Waals surface area contributed by atoms with Gasteiger partial charge in [-0.25, -0.2) is 0 Å². The summed E-state index contributed by atoms with van der Waals surface area (Å²) in [5.41, 5.74) is 8.08. The number of hydrogen-bond acceptors (Lipinski definition) is 2. The average Bonchev–Trinajstić information content (AvgIpc) is 2.81. The van der Waals surface area contributed by atoms with Gasteiger partial charge >= 0.3 is 0 Å². The highest BCUT2D eigenvalue weighted by molar-refractivity contribution is 5.83. The van der Waals surface area contributed by atoms with Gasteiger partial charge in [0, 0.05) is 24.0 Å². The summed E-state index contributed by atoms with van der Waals surface area (Å²) in [6.45, 7) is 0. The van der Waals surface area contributed by atoms with E-state index in [0.717, 1.165) is 5.69 Å². The van der Waals surface area contributed by atoms with E-state index in [4.69, 9.17) is 5.73 Å². The lowest BCUT2D eigenvalue weighted by Gasteiger charge is -2.37. The topological polar surface area (TPSA) is 34.2 Å². The van der Waals surface area contributed by atoms with Gasteiger partial charge in [-0.15, -0.1) is 0 Å². The lowest BCUT2D eigenvalue weighted by molar-refractivity contribution is 0.162. The molecule has 0 bridgehead atoms. The van der Waals surface area contributed by atoms with Gasteiger partial charge in [0.05, 0.1) is 5.52 Å². The molecule has 1 fully saturated rings. The Morgan fingerprint density at radius 2 is 1.95 bits per heavy atom. The van der Waals surface area contributed by atoms with Crippen LogP contribution in [0.2, 0.25) is 0 Å². The third-order valence-electron chi connectivity index (χ3n) is 4.46. The van der Waals surface area contributed by atoms with Crippen LogP contribution < -0.4 is 5.73 Å². The van der Waals surface area contributed by atoms with Crippen LogP contribution in [0, 0.1) is 0 Å². The van der Waals surface area contributed by atoms with Gasteiger partial charge in [-0.2, -0.15) is 0 Å². The molecule has 2 atom stereocenters. The van der Waals surface area contributed by atoms with Crippen LogP contribution in [0.25, 0.3) is 10.9 Å². The second-order valence-corrected chi connectivity index (χ2v) is 5.92. The number of benzene rings is 1. The van der Waals surface area contributed by atoms with E-state index in [1.807, 2.05) is 6.07 Å². The molecular formula is C16H23N3. The molecule has 102 valence electrons. The predicted octanol–water partition coefficient (Wildman–Crippen LogP) is 3.27. The van der Waals surface area contributed by atoms with Crippen LogP contribution in [0.1, 0.15) is 31.7 Å². The molecule has 2 aromatic rings. The number of rotatable bonds is 2. The number of anilines is 1. The molecule has 1 heterocycles. The first-order valence-corrected chi connectivity index (χ1v) is 7.19. The minimum atomic E-state index is 0.572. The summed E-state index contributed by atoms with van der Waals surface area (Å²) < 4.78 is 2.44. The summed E-state index contributed by atoms with van der Waals surface area (Å²) in [6.07, 6.45) is 7.47. The fourth-order valence-electron chi connectivity index (χ4n) is 3.47. The number of hydrogen-bond donors (Lipinski definition) is 1. The summed E-state index contributed by atoms with van der Waals surface area (Å²) in [6, 6.07) is 9.62. The Morgan fingerprint density at radius 3 is 2.74 bits per heavy atom. The van der Waals surface area contributed by atoms with Gasteiger partial charge in [-0.05, 0) is 50.5 Å². The Morgan fingerprint density at radius 1 is 1.16 bits per heavy atom. The van der Waals surface area contributed by atoms with E-state index < -0.39 is 0 Å². The van der Waals surface area contributed by atoms with Crippen molar-refractivity contribution in [3.8, 4) is 0 Å². The van der Waals surface area contributed by atoms with Gasteiger partial charge in [-0.3, -0.25) is 0 Å². The van der Waals surface area contributed by atoms with Gasteiger partial charge in [0.1, 0.15) is 0 Å². The van der Waals surface area contributed by atoms with Crippen LogP contribution in [0.3, 0.4) is 0 Å². The fraction of sp³-hybridized carbons (Fsp3) is 0.500. The standard InChI is InChI=1S/C16H23N3/c1-18(2)14-5-3-4-6-15(14)19-10-9-12-7-8-13(17)11-16(12)19/h7-11,14-15H,3-6,17H2,1-2H3. The molecule has 0 radical (unpaired) electrons. The highest BCUT2D eigenvalue weighted by Crippen LogP contribution is 2.34. The van der Waals surface area contributed by atoms with Gasteiger partial charge in [0.2, 0.25) is 0 Å². The number of nitrogens with two attached hydrogens (primary N) is 1. The van der Waals surface area contributed by atoms with Crippen LogP contribution in [0.15, 0.2) is 30.5 Å². The quantitative estimate of drug-likeness (QED) is 0.838. The smallest absolute Gasteiger partial charge is 0.0504 e. The van der Waals surface area contributed by atoms with Gasteiger partial charge < -0.3 is 15.2 Å². The molecule has 1 saturated carbocycles. The zero-order valence-electron chi connectivity index (χ0n) is 11.8. The van der Waals surface area contributed by atoms with Crippen molar-refractivity contribution in [2.24, 2.45) is 0 Å². The highest BCUT2D eigenvalue weighted by atomic mass is 15.2. The minimum absolute atomic E-state index is 0.572. The molecule has 3 heteroatoms. The summed E-state index contributed by atoms with van der Waals surface area (Å²) in [4.78, 5) is 2.38. The van der Waals surface area contributed by atoms with E-state index in [0.29, 0.717) is 12.1 Å². The van der Waals surface area contributed by atoms with Crippen LogP contribution in [0.4, 0.5) is 5.69 Å². The van der Waals surface area contributed by atoms with Crippen molar-refractivity contribution in [3.63, 3.8) is 0 Å². The molecule has 2 unspecified atom stereocenters. The van der Waals surface area contributed by atoms with E-state index >= 15 is 0 Å². The number of nitrogen functional groups attached to an aromatic ring is 1. The molecule has 0 spiro atoms. The normalized spacial score (nSPS) is 24.2. The van der Waals surface area contributed by atoms with Crippen molar-refractivity contribution in [2.45, 2.75) is 37.8 Å². The first-order chi connectivity index (χ1) is 9.16. The molecule has 0 amide bonds. The number of likely N-dealkylation sites (N-methyl/N-ethyl adjacent to an activating group) is 1. The Balaban J connectivity index is 2.04. The second kappa shape index (κ2) is 4.89. The lowest BCUT2D eigenvalue weighted by Crippen LogP contribution is -2.38. The van der Waals surface area contributed by atoms with E-state index in [1.54, 1.807) is 0 Å². The van der Waals surface area contributed by atoms with Crippen LogP contribution in [-0.2, 0) is 0 Å². The first kappa shape index (κ1) is 12.5. The van der Waals surface area contributed by atoms with Crippen LogP contribution >= 0.6 is 0 Å². The molecule has 1 aliphatic rings. The summed E-state index contributed by atoms with van der Waals surface area (Å²) in [5, 5.41) is 1.29. The van der Waals surface area contributed by atoms with Crippen molar-refractivity contribution in [2.75, 3.05) is 19.8 Å². The van der Waals surface area contributed by atoms with E-state index in [2.05, 4.69) is 48.0 Å². The molecule has 1 aromatic carbocycles. The summed E-state index contributed by atoms with van der Waals surface area (Å²) >= 11 is 0. The number of aromatic nitrogens is 1. The third kappa shape index (κ3) is 2.23. The predicted molar refractivity (Wildman–Crippen MR) is 81.3 cm³/mol. The van der Waals surface area contributed by atoms with Gasteiger partial charge in [0.25, 0.3) is 0 Å². The molecule has 3 nitrogen and oxygen atoms in total. The Labute approximate surface area is 115 Å². The Hall–Kier alpha value is -1.48. The maximum Gasteiger partial charge on any atom is 0.0504 e. The highest BCUT2D eigenvalue weighted by Gasteiger charge is 2.28. The SMILES string of the molecule is CN(C)C1CCCCC1n1ccc2ccc(N)cc21. The minimum Gasteiger partial charge on any atom is -0.399 e. The van der Waals surface area contributed by atoms with Gasteiger partial charge in [-0.1, -0.05) is 18.9 Å². The first-order valence-electron chi connectivity index (χ1n) is 7.19. The zero-order valence-corrected chi connectivity index (χ0v) is 11.8. The maximum atomic E-state index is 5.95. The molecule has 19 heavy (non-hydrogen) atoms. The summed E-state index contributed by atoms with van der Waals surface area (Å²) in [7, 11) is 4.39. The van der Waals surface area contributed by atoms with E-state index in [-0.39, 0.29) is 0 Å². The van der Waals surface area contributed by atoms with Crippen molar-refractivity contribution in [1.29, 1.82) is 0 Å². The van der Waals surface area contributed by atoms with Crippen molar-refractivity contribution >= 4 is 16.6 Å². The van der Waals surface area contributed by atoms with Crippen LogP contribution in [0.5, 0.6) is 0 Å². The fourth-order valence-corrected chi connectivity index (χ4v) is 3.47. The Bertz CT molecular complexity index is 570. The van der Waals surface area contributed by atoms with Crippen molar-refractivity contribution in [1.82, 2.24) is 9.47 Å². The van der Waals surface area contributed by atoms with Gasteiger partial charge in [0.15, 0.2) is 0 Å². The molecule has 1 aromatic heterocycles. The largest absolute Gasteiger partial charge is 0.399 e. The zero-order chi connectivity index (χ0) is 13.4. The lowest BCUT2D eigenvalue weighted by atomic mass is 9.89. The second-order valence-electron chi connectivity index (χ2n) is 5.92.